The third-order valence-electron chi connectivity index (χ3n) is 2.89. The maximum Gasteiger partial charge on any atom is 0.266 e. The molecule has 0 aliphatic carbocycles. The van der Waals surface area contributed by atoms with Crippen LogP contribution in [0.4, 0.5) is 0 Å². The van der Waals surface area contributed by atoms with E-state index in [2.05, 4.69) is 4.99 Å². The number of hydrogen-bond donors (Lipinski definition) is 0. The first-order valence-electron chi connectivity index (χ1n) is 6.95. The quantitative estimate of drug-likeness (QED) is 0.771. The van der Waals surface area contributed by atoms with E-state index in [0.29, 0.717) is 9.93 Å². The minimum absolute atomic E-state index is 0.0179. The fourth-order valence-electron chi connectivity index (χ4n) is 1.96. The molecular weight excluding hydrogens is 304 g/mol. The van der Waals surface area contributed by atoms with Gasteiger partial charge in [-0.3, -0.25) is 14.7 Å². The van der Waals surface area contributed by atoms with Crippen LogP contribution in [0.15, 0.2) is 34.2 Å². The molecule has 0 saturated carbocycles. The molecule has 0 N–H and O–H groups in total. The van der Waals surface area contributed by atoms with Crippen LogP contribution in [0.2, 0.25) is 5.02 Å². The maximum absolute atomic E-state index is 12.5. The molecule has 0 bridgehead atoms. The van der Waals surface area contributed by atoms with Crippen LogP contribution in [0.5, 0.6) is 0 Å². The second-order valence-electron chi connectivity index (χ2n) is 5.44. The van der Waals surface area contributed by atoms with Crippen LogP contribution in [0.1, 0.15) is 33.3 Å². The van der Waals surface area contributed by atoms with Gasteiger partial charge in [0.2, 0.25) is 0 Å². The van der Waals surface area contributed by atoms with Gasteiger partial charge < -0.3 is 0 Å². The molecule has 112 valence electrons. The molecule has 1 aliphatic rings. The van der Waals surface area contributed by atoms with Gasteiger partial charge in [0.25, 0.3) is 5.91 Å². The van der Waals surface area contributed by atoms with Crippen LogP contribution in [-0.4, -0.2) is 28.1 Å². The van der Waals surface area contributed by atoms with Crippen molar-refractivity contribution in [2.75, 3.05) is 0 Å². The van der Waals surface area contributed by atoms with E-state index < -0.39 is 0 Å². The van der Waals surface area contributed by atoms with E-state index in [1.54, 1.807) is 4.90 Å². The molecule has 1 fully saturated rings. The summed E-state index contributed by atoms with van der Waals surface area (Å²) in [5, 5.41) is 1.47. The zero-order chi connectivity index (χ0) is 15.6. The lowest BCUT2D eigenvalue weighted by Crippen LogP contribution is -2.35. The molecule has 0 radical (unpaired) electrons. The highest BCUT2D eigenvalue weighted by atomic mass is 35.5. The Bertz CT molecular complexity index is 591. The van der Waals surface area contributed by atoms with Gasteiger partial charge in [0, 0.05) is 17.1 Å². The van der Waals surface area contributed by atoms with Crippen molar-refractivity contribution in [3.05, 3.63) is 39.8 Å². The number of benzene rings is 1. The molecule has 21 heavy (non-hydrogen) atoms. The van der Waals surface area contributed by atoms with Crippen LogP contribution < -0.4 is 0 Å². The molecule has 0 spiro atoms. The predicted octanol–water partition coefficient (Wildman–Crippen LogP) is 4.43. The first-order chi connectivity index (χ1) is 9.88. The molecule has 0 atom stereocenters. The van der Waals surface area contributed by atoms with Crippen molar-refractivity contribution < 1.29 is 4.79 Å². The summed E-state index contributed by atoms with van der Waals surface area (Å²) in [6, 6.07) is 7.71. The Hall–Kier alpha value is -1.26. The van der Waals surface area contributed by atoms with E-state index in [-0.39, 0.29) is 18.0 Å². The zero-order valence-corrected chi connectivity index (χ0v) is 14.2. The summed E-state index contributed by atoms with van der Waals surface area (Å²) in [5.74, 6) is 0.0179. The van der Waals surface area contributed by atoms with Crippen LogP contribution >= 0.6 is 23.4 Å². The molecule has 3 nitrogen and oxygen atoms in total. The van der Waals surface area contributed by atoms with E-state index >= 15 is 0 Å². The summed E-state index contributed by atoms with van der Waals surface area (Å²) in [5.41, 5.74) is 0.963. The molecule has 1 aromatic rings. The van der Waals surface area contributed by atoms with Crippen molar-refractivity contribution in [3.63, 3.8) is 0 Å². The first kappa shape index (κ1) is 16.1. The number of nitrogens with zero attached hydrogens (tertiary/aromatic N) is 2. The van der Waals surface area contributed by atoms with E-state index in [1.807, 2.05) is 58.0 Å². The molecule has 5 heteroatoms. The number of amides is 1. The summed E-state index contributed by atoms with van der Waals surface area (Å²) in [7, 11) is 0. The average molecular weight is 323 g/mol. The highest BCUT2D eigenvalue weighted by Crippen LogP contribution is 2.34. The zero-order valence-electron chi connectivity index (χ0n) is 12.6. The van der Waals surface area contributed by atoms with Gasteiger partial charge in [-0.05, 0) is 63.2 Å². The van der Waals surface area contributed by atoms with Gasteiger partial charge in [-0.25, -0.2) is 0 Å². The number of hydrogen-bond acceptors (Lipinski definition) is 3. The Labute approximate surface area is 135 Å². The third-order valence-corrected chi connectivity index (χ3v) is 4.14. The van der Waals surface area contributed by atoms with Crippen molar-refractivity contribution in [2.24, 2.45) is 4.99 Å². The van der Waals surface area contributed by atoms with Crippen LogP contribution in [0.3, 0.4) is 0 Å². The smallest absolute Gasteiger partial charge is 0.266 e. The lowest BCUT2D eigenvalue weighted by Gasteiger charge is -2.20. The summed E-state index contributed by atoms with van der Waals surface area (Å²) in [6.45, 7) is 8.02. The number of amidine groups is 1. The fourth-order valence-corrected chi connectivity index (χ4v) is 3.32. The predicted molar refractivity (Wildman–Crippen MR) is 91.6 cm³/mol. The Kier molecular flexibility index (Phi) is 5.12. The molecular formula is C16H19ClN2OS. The minimum Gasteiger partial charge on any atom is -0.284 e. The van der Waals surface area contributed by atoms with Gasteiger partial charge in [0.15, 0.2) is 5.17 Å². The average Bonchev–Trinajstić information content (AvgIpc) is 2.68. The Morgan fingerprint density at radius 1 is 1.19 bits per heavy atom. The molecule has 0 unspecified atom stereocenters. The van der Waals surface area contributed by atoms with Gasteiger partial charge in [-0.15, -0.1) is 0 Å². The lowest BCUT2D eigenvalue weighted by atomic mass is 10.2. The monoisotopic (exact) mass is 322 g/mol. The molecule has 1 amide bonds. The van der Waals surface area contributed by atoms with Crippen LogP contribution in [0, 0.1) is 0 Å². The molecule has 0 aromatic heterocycles. The van der Waals surface area contributed by atoms with Crippen molar-refractivity contribution in [3.8, 4) is 0 Å². The second-order valence-corrected chi connectivity index (χ2v) is 6.88. The van der Waals surface area contributed by atoms with Crippen LogP contribution in [-0.2, 0) is 4.79 Å². The van der Waals surface area contributed by atoms with Gasteiger partial charge in [0.05, 0.1) is 4.91 Å². The highest BCUT2D eigenvalue weighted by Gasteiger charge is 2.35. The number of carbonyl (C=O) groups excluding carboxylic acids is 1. The minimum atomic E-state index is 0.0179. The van der Waals surface area contributed by atoms with Crippen LogP contribution in [0.25, 0.3) is 6.08 Å². The largest absolute Gasteiger partial charge is 0.284 e. The first-order valence-corrected chi connectivity index (χ1v) is 8.14. The van der Waals surface area contributed by atoms with Gasteiger partial charge >= 0.3 is 0 Å². The highest BCUT2D eigenvalue weighted by molar-refractivity contribution is 8.18. The SMILES string of the molecule is CC(C)N=C1S/C(=C/c2ccc(Cl)cc2)C(=O)N1C(C)C. The molecule has 1 saturated heterocycles. The Balaban J connectivity index is 2.34. The number of halogens is 1. The molecule has 2 rings (SSSR count). The van der Waals surface area contributed by atoms with E-state index in [4.69, 9.17) is 11.6 Å². The van der Waals surface area contributed by atoms with Crippen molar-refractivity contribution in [1.82, 2.24) is 4.90 Å². The topological polar surface area (TPSA) is 32.7 Å². The Morgan fingerprint density at radius 2 is 1.81 bits per heavy atom. The van der Waals surface area contributed by atoms with E-state index in [0.717, 1.165) is 10.7 Å². The van der Waals surface area contributed by atoms with Gasteiger partial charge in [-0.1, -0.05) is 23.7 Å². The summed E-state index contributed by atoms with van der Waals surface area (Å²) in [4.78, 5) is 19.6. The molecule has 1 aromatic carbocycles. The van der Waals surface area contributed by atoms with Crippen molar-refractivity contribution in [1.29, 1.82) is 0 Å². The Morgan fingerprint density at radius 3 is 2.33 bits per heavy atom. The molecule has 1 heterocycles. The van der Waals surface area contributed by atoms with E-state index in [9.17, 15) is 4.79 Å². The number of aliphatic imine (C=N–C) groups is 1. The lowest BCUT2D eigenvalue weighted by molar-refractivity contribution is -0.123. The number of carbonyl (C=O) groups is 1. The van der Waals surface area contributed by atoms with E-state index in [1.165, 1.54) is 11.8 Å². The van der Waals surface area contributed by atoms with Crippen molar-refractivity contribution >= 4 is 40.5 Å². The van der Waals surface area contributed by atoms with Gasteiger partial charge in [-0.2, -0.15) is 0 Å². The van der Waals surface area contributed by atoms with Gasteiger partial charge in [0.1, 0.15) is 0 Å². The summed E-state index contributed by atoms with van der Waals surface area (Å²) in [6.07, 6.45) is 1.89. The summed E-state index contributed by atoms with van der Waals surface area (Å²) >= 11 is 7.32. The third kappa shape index (κ3) is 3.89. The maximum atomic E-state index is 12.5. The number of rotatable bonds is 3. The molecule has 1 aliphatic heterocycles. The second kappa shape index (κ2) is 6.67. The standard InChI is InChI=1S/C16H19ClN2OS/c1-10(2)18-16-19(11(3)4)15(20)14(21-16)9-12-5-7-13(17)8-6-12/h5-11H,1-4H3/b14-9+,18-16?. The summed E-state index contributed by atoms with van der Waals surface area (Å²) < 4.78 is 0. The fraction of sp³-hybridized carbons (Fsp3) is 0.375. The van der Waals surface area contributed by atoms with Crippen molar-refractivity contribution in [2.45, 2.75) is 39.8 Å². The normalized spacial score (nSPS) is 19.6. The number of thioether (sulfide) groups is 1.